The minimum atomic E-state index is -3.73. The van der Waals surface area contributed by atoms with Gasteiger partial charge in [-0.05, 0) is 24.3 Å². The molecule has 1 aliphatic rings. The first-order valence-corrected chi connectivity index (χ1v) is 9.83. The van der Waals surface area contributed by atoms with E-state index in [4.69, 9.17) is 27.9 Å². The number of hydrogen-bond donors (Lipinski definition) is 0. The van der Waals surface area contributed by atoms with Crippen molar-refractivity contribution in [3.8, 4) is 5.75 Å². The summed E-state index contributed by atoms with van der Waals surface area (Å²) < 4.78 is 32.6. The van der Waals surface area contributed by atoms with Gasteiger partial charge in [-0.2, -0.15) is 4.31 Å². The summed E-state index contributed by atoms with van der Waals surface area (Å²) in [5.74, 6) is 0.910. The third-order valence-corrected chi connectivity index (χ3v) is 6.76. The van der Waals surface area contributed by atoms with Gasteiger partial charge in [-0.15, -0.1) is 0 Å². The van der Waals surface area contributed by atoms with Crippen LogP contribution in [0, 0.1) is 0 Å². The fourth-order valence-electron chi connectivity index (χ4n) is 2.75. The Hall–Kier alpha value is -1.54. The molecule has 1 fully saturated rings. The van der Waals surface area contributed by atoms with Gasteiger partial charge in [0.05, 0.1) is 12.1 Å². The number of hydrogen-bond acceptors (Lipinski definition) is 5. The van der Waals surface area contributed by atoms with Gasteiger partial charge in [-0.25, -0.2) is 13.4 Å². The van der Waals surface area contributed by atoms with Gasteiger partial charge < -0.3 is 9.64 Å². The summed E-state index contributed by atoms with van der Waals surface area (Å²) in [6.45, 7) is 1.81. The largest absolute Gasteiger partial charge is 0.494 e. The summed E-state index contributed by atoms with van der Waals surface area (Å²) >= 11 is 12.0. The van der Waals surface area contributed by atoms with E-state index in [-0.39, 0.29) is 20.7 Å². The standard InChI is InChI=1S/C16H17Cl2N3O3S/c1-24-16-13(6-5-12(17)15(16)18)25(22,23)21-10-8-20(9-11-21)14-4-2-3-7-19-14/h2-7H,8-11H2,1H3. The number of aromatic nitrogens is 1. The van der Waals surface area contributed by atoms with E-state index >= 15 is 0 Å². The second kappa shape index (κ2) is 7.37. The molecule has 0 bridgehead atoms. The Morgan fingerprint density at radius 2 is 1.80 bits per heavy atom. The number of ether oxygens (including phenoxy) is 1. The fraction of sp³-hybridized carbons (Fsp3) is 0.312. The van der Waals surface area contributed by atoms with Crippen molar-refractivity contribution in [2.24, 2.45) is 0 Å². The van der Waals surface area contributed by atoms with Gasteiger partial charge in [-0.1, -0.05) is 29.3 Å². The maximum absolute atomic E-state index is 13.0. The molecule has 1 saturated heterocycles. The van der Waals surface area contributed by atoms with Crippen molar-refractivity contribution in [3.05, 3.63) is 46.6 Å². The number of rotatable bonds is 4. The Kier molecular flexibility index (Phi) is 5.38. The Morgan fingerprint density at radius 3 is 2.40 bits per heavy atom. The molecule has 9 heteroatoms. The molecule has 0 radical (unpaired) electrons. The molecule has 1 aliphatic heterocycles. The molecule has 0 saturated carbocycles. The van der Waals surface area contributed by atoms with Crippen molar-refractivity contribution < 1.29 is 13.2 Å². The van der Waals surface area contributed by atoms with Gasteiger partial charge in [-0.3, -0.25) is 0 Å². The Balaban J connectivity index is 1.82. The topological polar surface area (TPSA) is 62.7 Å². The quantitative estimate of drug-likeness (QED) is 0.787. The number of benzene rings is 1. The summed E-state index contributed by atoms with van der Waals surface area (Å²) in [7, 11) is -2.36. The van der Waals surface area contributed by atoms with E-state index in [1.165, 1.54) is 23.5 Å². The molecule has 134 valence electrons. The van der Waals surface area contributed by atoms with Crippen molar-refractivity contribution in [2.45, 2.75) is 4.90 Å². The van der Waals surface area contributed by atoms with Crippen molar-refractivity contribution in [3.63, 3.8) is 0 Å². The smallest absolute Gasteiger partial charge is 0.246 e. The molecule has 0 amide bonds. The van der Waals surface area contributed by atoms with E-state index < -0.39 is 10.0 Å². The van der Waals surface area contributed by atoms with E-state index in [1.54, 1.807) is 6.20 Å². The zero-order valence-corrected chi connectivity index (χ0v) is 15.9. The summed E-state index contributed by atoms with van der Waals surface area (Å²) in [5, 5.41) is 0.342. The van der Waals surface area contributed by atoms with E-state index in [0.29, 0.717) is 26.2 Å². The monoisotopic (exact) mass is 401 g/mol. The van der Waals surface area contributed by atoms with Gasteiger partial charge in [0.25, 0.3) is 0 Å². The Bertz CT molecular complexity index is 854. The molecule has 0 spiro atoms. The maximum Gasteiger partial charge on any atom is 0.246 e. The van der Waals surface area contributed by atoms with Crippen LogP contribution in [-0.2, 0) is 10.0 Å². The van der Waals surface area contributed by atoms with E-state index in [0.717, 1.165) is 5.82 Å². The lowest BCUT2D eigenvalue weighted by atomic mass is 10.3. The Labute approximate surface area is 157 Å². The third-order valence-electron chi connectivity index (χ3n) is 4.05. The van der Waals surface area contributed by atoms with Crippen LogP contribution in [0.15, 0.2) is 41.4 Å². The number of methoxy groups -OCH3 is 1. The van der Waals surface area contributed by atoms with Crippen LogP contribution >= 0.6 is 23.2 Å². The van der Waals surface area contributed by atoms with Gasteiger partial charge >= 0.3 is 0 Å². The zero-order valence-electron chi connectivity index (χ0n) is 13.5. The number of piperazine rings is 1. The normalized spacial score (nSPS) is 16.0. The SMILES string of the molecule is COc1c(S(=O)(=O)N2CCN(c3ccccn3)CC2)ccc(Cl)c1Cl. The Morgan fingerprint density at radius 1 is 1.08 bits per heavy atom. The predicted octanol–water partition coefficient (Wildman–Crippen LogP) is 2.91. The molecule has 6 nitrogen and oxygen atoms in total. The molecular formula is C16H17Cl2N3O3S. The lowest BCUT2D eigenvalue weighted by Crippen LogP contribution is -2.48. The highest BCUT2D eigenvalue weighted by Crippen LogP contribution is 2.38. The second-order valence-corrected chi connectivity index (χ2v) is 8.16. The molecular weight excluding hydrogens is 385 g/mol. The first-order valence-electron chi connectivity index (χ1n) is 7.63. The summed E-state index contributed by atoms with van der Waals surface area (Å²) in [5.41, 5.74) is 0. The molecule has 1 aromatic carbocycles. The van der Waals surface area contributed by atoms with Crippen LogP contribution in [0.2, 0.25) is 10.0 Å². The van der Waals surface area contributed by atoms with Crippen LogP contribution in [0.3, 0.4) is 0 Å². The lowest BCUT2D eigenvalue weighted by Gasteiger charge is -2.34. The highest BCUT2D eigenvalue weighted by molar-refractivity contribution is 7.89. The van der Waals surface area contributed by atoms with E-state index in [9.17, 15) is 8.42 Å². The molecule has 0 unspecified atom stereocenters. The number of nitrogens with zero attached hydrogens (tertiary/aromatic N) is 3. The van der Waals surface area contributed by atoms with Gasteiger partial charge in [0.2, 0.25) is 10.0 Å². The predicted molar refractivity (Wildman–Crippen MR) is 98.2 cm³/mol. The summed E-state index contributed by atoms with van der Waals surface area (Å²) in [6, 6.07) is 8.55. The fourth-order valence-corrected chi connectivity index (χ4v) is 4.77. The van der Waals surface area contributed by atoms with Crippen LogP contribution in [0.25, 0.3) is 0 Å². The molecule has 0 N–H and O–H groups in total. The maximum atomic E-state index is 13.0. The molecule has 0 aliphatic carbocycles. The average molecular weight is 402 g/mol. The van der Waals surface area contributed by atoms with E-state index in [1.807, 2.05) is 18.2 Å². The van der Waals surface area contributed by atoms with Crippen molar-refractivity contribution >= 4 is 39.0 Å². The number of pyridine rings is 1. The lowest BCUT2D eigenvalue weighted by molar-refractivity contribution is 0.373. The minimum Gasteiger partial charge on any atom is -0.494 e. The van der Waals surface area contributed by atoms with Gasteiger partial charge in [0.1, 0.15) is 15.7 Å². The van der Waals surface area contributed by atoms with Crippen molar-refractivity contribution in [1.82, 2.24) is 9.29 Å². The van der Waals surface area contributed by atoms with Crippen molar-refractivity contribution in [1.29, 1.82) is 0 Å². The van der Waals surface area contributed by atoms with Gasteiger partial charge in [0, 0.05) is 32.4 Å². The van der Waals surface area contributed by atoms with Crippen molar-refractivity contribution in [2.75, 3.05) is 38.2 Å². The zero-order chi connectivity index (χ0) is 18.0. The molecule has 25 heavy (non-hydrogen) atoms. The number of anilines is 1. The van der Waals surface area contributed by atoms with Crippen LogP contribution in [0.5, 0.6) is 5.75 Å². The summed E-state index contributed by atoms with van der Waals surface area (Å²) in [6.07, 6.45) is 1.72. The molecule has 2 heterocycles. The second-order valence-electron chi connectivity index (χ2n) is 5.47. The first-order chi connectivity index (χ1) is 11.9. The molecule has 3 rings (SSSR count). The molecule has 2 aromatic rings. The van der Waals surface area contributed by atoms with E-state index in [2.05, 4.69) is 9.88 Å². The number of sulfonamides is 1. The number of halogens is 2. The van der Waals surface area contributed by atoms with Crippen LogP contribution < -0.4 is 9.64 Å². The average Bonchev–Trinajstić information content (AvgIpc) is 2.64. The van der Waals surface area contributed by atoms with Crippen LogP contribution in [0.4, 0.5) is 5.82 Å². The highest BCUT2D eigenvalue weighted by atomic mass is 35.5. The summed E-state index contributed by atoms with van der Waals surface area (Å²) in [4.78, 5) is 6.38. The van der Waals surface area contributed by atoms with Gasteiger partial charge in [0.15, 0.2) is 5.75 Å². The molecule has 1 aromatic heterocycles. The van der Waals surface area contributed by atoms with Crippen LogP contribution in [-0.4, -0.2) is 51.0 Å². The minimum absolute atomic E-state index is 0.0238. The highest BCUT2D eigenvalue weighted by Gasteiger charge is 2.32. The first kappa shape index (κ1) is 18.3. The molecule has 0 atom stereocenters. The third kappa shape index (κ3) is 3.55. The van der Waals surface area contributed by atoms with Crippen LogP contribution in [0.1, 0.15) is 0 Å².